The van der Waals surface area contributed by atoms with Gasteiger partial charge < -0.3 is 10.4 Å². The molecule has 0 aromatic carbocycles. The lowest BCUT2D eigenvalue weighted by Gasteiger charge is -2.18. The van der Waals surface area contributed by atoms with Crippen LogP contribution >= 0.6 is 11.3 Å². The molecule has 1 amide bonds. The Labute approximate surface area is 113 Å². The van der Waals surface area contributed by atoms with Crippen molar-refractivity contribution in [3.05, 3.63) is 16.5 Å². The van der Waals surface area contributed by atoms with Gasteiger partial charge in [0.15, 0.2) is 0 Å². The van der Waals surface area contributed by atoms with E-state index in [9.17, 15) is 31.5 Å². The molecule has 0 radical (unpaired) electrons. The predicted molar refractivity (Wildman–Crippen MR) is 60.3 cm³/mol. The van der Waals surface area contributed by atoms with Gasteiger partial charge in [-0.2, -0.15) is 22.0 Å². The third kappa shape index (κ3) is 3.06. The number of nitrogens with one attached hydrogen (secondary N) is 1. The largest absolute Gasteiger partial charge is 0.478 e. The molecule has 4 nitrogen and oxygen atoms in total. The highest BCUT2D eigenvalue weighted by Crippen LogP contribution is 2.37. The molecule has 2 N–H and O–H groups in total. The van der Waals surface area contributed by atoms with Crippen LogP contribution in [0.5, 0.6) is 0 Å². The van der Waals surface area contributed by atoms with E-state index >= 15 is 0 Å². The Morgan fingerprint density at radius 3 is 2.25 bits per heavy atom. The van der Waals surface area contributed by atoms with Gasteiger partial charge in [0.05, 0.1) is 5.56 Å². The highest BCUT2D eigenvalue weighted by molar-refractivity contribution is 7.16. The summed E-state index contributed by atoms with van der Waals surface area (Å²) < 4.78 is 61.5. The predicted octanol–water partition coefficient (Wildman–Crippen LogP) is 3.14. The summed E-state index contributed by atoms with van der Waals surface area (Å²) in [5, 5.41) is 9.57. The number of rotatable bonds is 4. The lowest BCUT2D eigenvalue weighted by Crippen LogP contribution is -2.47. The van der Waals surface area contributed by atoms with Crippen LogP contribution in [-0.2, 0) is 11.2 Å². The molecule has 0 saturated carbocycles. The van der Waals surface area contributed by atoms with Gasteiger partial charge in [-0.3, -0.25) is 4.79 Å². The molecule has 0 saturated heterocycles. The Morgan fingerprint density at radius 2 is 1.85 bits per heavy atom. The molecular formula is C10H8F5NO3S. The number of anilines is 1. The van der Waals surface area contributed by atoms with Crippen molar-refractivity contribution >= 4 is 28.2 Å². The first-order valence-corrected chi connectivity index (χ1v) is 5.94. The van der Waals surface area contributed by atoms with Crippen molar-refractivity contribution in [2.24, 2.45) is 0 Å². The van der Waals surface area contributed by atoms with E-state index in [1.165, 1.54) is 5.32 Å². The molecule has 1 aromatic rings. The quantitative estimate of drug-likeness (QED) is 0.838. The Kier molecular flexibility index (Phi) is 4.37. The van der Waals surface area contributed by atoms with E-state index in [0.29, 0.717) is 22.6 Å². The number of hydrogen-bond donors (Lipinski definition) is 2. The standard InChI is InChI=1S/C10H8F5NO3S/c1-2-4-3-5(7(17)18)6(20-4)16-8(19)9(11,12)10(13,14)15/h3H,2H2,1H3,(H,16,19)(H,17,18). The highest BCUT2D eigenvalue weighted by atomic mass is 32.1. The van der Waals surface area contributed by atoms with Crippen molar-refractivity contribution in [1.29, 1.82) is 0 Å². The number of aryl methyl sites for hydroxylation is 1. The number of aromatic carboxylic acids is 1. The first kappa shape index (κ1) is 16.3. The van der Waals surface area contributed by atoms with Crippen molar-refractivity contribution in [3.63, 3.8) is 0 Å². The molecule has 20 heavy (non-hydrogen) atoms. The number of carbonyl (C=O) groups is 2. The molecule has 1 rings (SSSR count). The zero-order valence-electron chi connectivity index (χ0n) is 9.85. The van der Waals surface area contributed by atoms with Crippen LogP contribution in [0.1, 0.15) is 22.2 Å². The number of carboxylic acids is 1. The topological polar surface area (TPSA) is 66.4 Å². The molecule has 10 heteroatoms. The molecule has 0 aliphatic heterocycles. The van der Waals surface area contributed by atoms with Gasteiger partial charge in [-0.25, -0.2) is 4.79 Å². The van der Waals surface area contributed by atoms with Crippen molar-refractivity contribution in [3.8, 4) is 0 Å². The number of carboxylic acid groups (broad SMARTS) is 1. The van der Waals surface area contributed by atoms with Crippen LogP contribution in [0, 0.1) is 0 Å². The minimum Gasteiger partial charge on any atom is -0.478 e. The van der Waals surface area contributed by atoms with Crippen LogP contribution in [-0.4, -0.2) is 29.1 Å². The minimum absolute atomic E-state index is 0.344. The molecule has 0 spiro atoms. The lowest BCUT2D eigenvalue weighted by molar-refractivity contribution is -0.267. The number of hydrogen-bond acceptors (Lipinski definition) is 3. The summed E-state index contributed by atoms with van der Waals surface area (Å²) in [6, 6.07) is 1.11. The maximum atomic E-state index is 12.8. The fourth-order valence-corrected chi connectivity index (χ4v) is 2.16. The smallest absolute Gasteiger partial charge is 0.463 e. The van der Waals surface area contributed by atoms with Gasteiger partial charge in [0.1, 0.15) is 5.00 Å². The highest BCUT2D eigenvalue weighted by Gasteiger charge is 2.63. The second-order valence-electron chi connectivity index (χ2n) is 3.64. The molecule has 0 unspecified atom stereocenters. The summed E-state index contributed by atoms with van der Waals surface area (Å²) in [5.74, 6) is -9.75. The van der Waals surface area contributed by atoms with E-state index in [0.717, 1.165) is 6.07 Å². The lowest BCUT2D eigenvalue weighted by atomic mass is 10.2. The first-order chi connectivity index (χ1) is 9.00. The van der Waals surface area contributed by atoms with E-state index in [-0.39, 0.29) is 0 Å². The number of carbonyl (C=O) groups excluding carboxylic acids is 1. The van der Waals surface area contributed by atoms with Crippen molar-refractivity contribution in [1.82, 2.24) is 0 Å². The van der Waals surface area contributed by atoms with Crippen LogP contribution in [0.2, 0.25) is 0 Å². The third-order valence-electron chi connectivity index (χ3n) is 2.23. The Balaban J connectivity index is 3.08. The van der Waals surface area contributed by atoms with Crippen molar-refractivity contribution in [2.75, 3.05) is 5.32 Å². The van der Waals surface area contributed by atoms with Crippen LogP contribution in [0.15, 0.2) is 6.07 Å². The van der Waals surface area contributed by atoms with Gasteiger partial charge in [-0.15, -0.1) is 11.3 Å². The van der Waals surface area contributed by atoms with E-state index in [4.69, 9.17) is 5.11 Å². The van der Waals surface area contributed by atoms with Crippen molar-refractivity contribution < 1.29 is 36.6 Å². The monoisotopic (exact) mass is 317 g/mol. The average Bonchev–Trinajstić information content (AvgIpc) is 2.70. The fraction of sp³-hybridized carbons (Fsp3) is 0.400. The van der Waals surface area contributed by atoms with Gasteiger partial charge in [-0.05, 0) is 12.5 Å². The molecule has 0 fully saturated rings. The average molecular weight is 317 g/mol. The zero-order valence-corrected chi connectivity index (χ0v) is 10.7. The number of alkyl halides is 5. The van der Waals surface area contributed by atoms with Crippen LogP contribution in [0.25, 0.3) is 0 Å². The van der Waals surface area contributed by atoms with E-state index in [1.54, 1.807) is 6.92 Å². The molecule has 1 heterocycles. The maximum Gasteiger partial charge on any atom is 0.463 e. The normalized spacial score (nSPS) is 12.3. The molecule has 0 bridgehead atoms. The summed E-state index contributed by atoms with van der Waals surface area (Å²) >= 11 is 0.629. The molecule has 0 atom stereocenters. The van der Waals surface area contributed by atoms with Gasteiger partial charge in [0, 0.05) is 4.88 Å². The minimum atomic E-state index is -6.05. The fourth-order valence-electron chi connectivity index (χ4n) is 1.18. The Bertz CT molecular complexity index is 537. The zero-order chi connectivity index (χ0) is 15.7. The molecule has 1 aromatic heterocycles. The summed E-state index contributed by atoms with van der Waals surface area (Å²) in [7, 11) is 0. The summed E-state index contributed by atoms with van der Waals surface area (Å²) in [5.41, 5.74) is -0.529. The second-order valence-corrected chi connectivity index (χ2v) is 4.78. The van der Waals surface area contributed by atoms with Gasteiger partial charge >= 0.3 is 24.0 Å². The summed E-state index contributed by atoms with van der Waals surface area (Å²) in [6.07, 6.45) is -5.71. The molecule has 0 aliphatic rings. The molecular weight excluding hydrogens is 309 g/mol. The summed E-state index contributed by atoms with van der Waals surface area (Å²) in [6.45, 7) is 1.63. The molecule has 112 valence electrons. The third-order valence-corrected chi connectivity index (χ3v) is 3.43. The van der Waals surface area contributed by atoms with E-state index in [2.05, 4.69) is 0 Å². The van der Waals surface area contributed by atoms with Crippen LogP contribution < -0.4 is 5.32 Å². The van der Waals surface area contributed by atoms with E-state index in [1.807, 2.05) is 0 Å². The number of amides is 1. The SMILES string of the molecule is CCc1cc(C(=O)O)c(NC(=O)C(F)(F)C(F)(F)F)s1. The van der Waals surface area contributed by atoms with Crippen LogP contribution in [0.3, 0.4) is 0 Å². The summed E-state index contributed by atoms with van der Waals surface area (Å²) in [4.78, 5) is 22.2. The Hall–Kier alpha value is -1.71. The Morgan fingerprint density at radius 1 is 1.30 bits per heavy atom. The molecule has 0 aliphatic carbocycles. The van der Waals surface area contributed by atoms with E-state index < -0.39 is 34.5 Å². The first-order valence-electron chi connectivity index (χ1n) is 5.12. The second kappa shape index (κ2) is 5.35. The van der Waals surface area contributed by atoms with Gasteiger partial charge in [-0.1, -0.05) is 6.92 Å². The van der Waals surface area contributed by atoms with Crippen molar-refractivity contribution in [2.45, 2.75) is 25.4 Å². The maximum absolute atomic E-state index is 12.8. The van der Waals surface area contributed by atoms with Gasteiger partial charge in [0.25, 0.3) is 0 Å². The van der Waals surface area contributed by atoms with Crippen LogP contribution in [0.4, 0.5) is 27.0 Å². The van der Waals surface area contributed by atoms with Gasteiger partial charge in [0.2, 0.25) is 0 Å². The number of halogens is 5. The number of thiophene rings is 1.